The molecule has 3 heteroatoms. The van der Waals surface area contributed by atoms with E-state index in [-0.39, 0.29) is 5.41 Å². The lowest BCUT2D eigenvalue weighted by molar-refractivity contribution is 0.474. The summed E-state index contributed by atoms with van der Waals surface area (Å²) in [4.78, 5) is 6.57. The van der Waals surface area contributed by atoms with Gasteiger partial charge in [0.1, 0.15) is 0 Å². The minimum atomic E-state index is 0.121. The fourth-order valence-electron chi connectivity index (χ4n) is 3.75. The molecule has 138 valence electrons. The smallest absolute Gasteiger partial charge is 0.169 e. The number of anilines is 3. The van der Waals surface area contributed by atoms with E-state index in [0.29, 0.717) is 0 Å². The minimum absolute atomic E-state index is 0.121. The molecule has 1 aliphatic rings. The lowest BCUT2D eigenvalue weighted by Crippen LogP contribution is -2.19. The zero-order valence-corrected chi connectivity index (χ0v) is 16.9. The molecule has 0 bridgehead atoms. The van der Waals surface area contributed by atoms with Gasteiger partial charge in [-0.25, -0.2) is 0 Å². The predicted molar refractivity (Wildman–Crippen MR) is 112 cm³/mol. The van der Waals surface area contributed by atoms with Crippen LogP contribution in [0.3, 0.4) is 0 Å². The first-order valence-electron chi connectivity index (χ1n) is 9.40. The highest BCUT2D eigenvalue weighted by Crippen LogP contribution is 2.51. The fraction of sp³-hybridized carbons (Fsp3) is 0.292. The van der Waals surface area contributed by atoms with Crippen molar-refractivity contribution in [3.8, 4) is 11.5 Å². The van der Waals surface area contributed by atoms with Crippen molar-refractivity contribution in [3.05, 3.63) is 71.0 Å². The number of hydrogen-bond donors (Lipinski definition) is 0. The topological polar surface area (TPSA) is 25.4 Å². The first-order chi connectivity index (χ1) is 12.8. The number of nitrogens with zero attached hydrogens (tertiary/aromatic N) is 2. The number of ether oxygens (including phenoxy) is 1. The second kappa shape index (κ2) is 6.12. The Bertz CT molecular complexity index is 1010. The van der Waals surface area contributed by atoms with Gasteiger partial charge in [0, 0.05) is 6.20 Å². The van der Waals surface area contributed by atoms with Crippen molar-refractivity contribution in [3.63, 3.8) is 0 Å². The molecule has 0 spiro atoms. The molecular formula is C24H26N2O. The largest absolute Gasteiger partial charge is 0.451 e. The molecule has 3 aromatic rings. The van der Waals surface area contributed by atoms with Gasteiger partial charge in [0.05, 0.1) is 23.3 Å². The minimum Gasteiger partial charge on any atom is -0.451 e. The second-order valence-electron chi connectivity index (χ2n) is 8.46. The maximum Gasteiger partial charge on any atom is 0.169 e. The average molecular weight is 358 g/mol. The summed E-state index contributed by atoms with van der Waals surface area (Å²) in [5.41, 5.74) is 8.47. The number of fused-ring (bicyclic) bond motifs is 2. The number of aryl methyl sites for hydroxylation is 3. The van der Waals surface area contributed by atoms with E-state index in [9.17, 15) is 0 Å². The molecule has 0 radical (unpaired) electrons. The van der Waals surface area contributed by atoms with Gasteiger partial charge in [0.15, 0.2) is 11.5 Å². The van der Waals surface area contributed by atoms with Crippen molar-refractivity contribution in [2.45, 2.75) is 47.0 Å². The monoisotopic (exact) mass is 358 g/mol. The van der Waals surface area contributed by atoms with Gasteiger partial charge >= 0.3 is 0 Å². The second-order valence-corrected chi connectivity index (χ2v) is 8.46. The third-order valence-electron chi connectivity index (χ3n) is 5.16. The third-order valence-corrected chi connectivity index (χ3v) is 5.16. The first-order valence-corrected chi connectivity index (χ1v) is 9.40. The van der Waals surface area contributed by atoms with Crippen LogP contribution in [0.5, 0.6) is 11.5 Å². The Hall–Kier alpha value is -2.81. The van der Waals surface area contributed by atoms with E-state index in [1.54, 1.807) is 6.20 Å². The quantitative estimate of drug-likeness (QED) is 0.371. The molecule has 0 aliphatic carbocycles. The molecule has 1 aromatic heterocycles. The van der Waals surface area contributed by atoms with Crippen LogP contribution in [-0.4, -0.2) is 4.98 Å². The van der Waals surface area contributed by atoms with Crippen LogP contribution < -0.4 is 9.64 Å². The lowest BCUT2D eigenvalue weighted by atomic mass is 9.84. The van der Waals surface area contributed by atoms with Crippen molar-refractivity contribution in [2.75, 3.05) is 4.90 Å². The highest BCUT2D eigenvalue weighted by atomic mass is 16.5. The summed E-state index contributed by atoms with van der Waals surface area (Å²) in [6.45, 7) is 13.3. The zero-order valence-electron chi connectivity index (χ0n) is 16.9. The van der Waals surface area contributed by atoms with Crippen molar-refractivity contribution < 1.29 is 4.74 Å². The Balaban J connectivity index is 1.97. The first kappa shape index (κ1) is 17.6. The lowest BCUT2D eigenvalue weighted by Gasteiger charge is -2.35. The molecule has 4 rings (SSSR count). The van der Waals surface area contributed by atoms with Crippen LogP contribution in [0.2, 0.25) is 0 Å². The molecule has 0 fully saturated rings. The molecule has 0 unspecified atom stereocenters. The van der Waals surface area contributed by atoms with Crippen LogP contribution >= 0.6 is 0 Å². The number of pyridine rings is 1. The third kappa shape index (κ3) is 2.97. The fourth-order valence-corrected chi connectivity index (χ4v) is 3.75. The van der Waals surface area contributed by atoms with Crippen molar-refractivity contribution >= 4 is 17.1 Å². The van der Waals surface area contributed by atoms with E-state index >= 15 is 0 Å². The van der Waals surface area contributed by atoms with Gasteiger partial charge < -0.3 is 9.64 Å². The molecule has 0 N–H and O–H groups in total. The maximum absolute atomic E-state index is 6.16. The molecule has 0 amide bonds. The standard InChI is InChI=1S/C24H26N2O/c1-15-7-8-19-21(11-15)27-22-14-25-10-9-20(22)26(19)23-16(2)12-18(13-17(23)3)24(4,5)6/h7-14H,1-6H3. The average Bonchev–Trinajstić information content (AvgIpc) is 2.59. The van der Waals surface area contributed by atoms with Gasteiger partial charge in [-0.3, -0.25) is 4.98 Å². The van der Waals surface area contributed by atoms with E-state index in [1.165, 1.54) is 27.9 Å². The number of rotatable bonds is 1. The van der Waals surface area contributed by atoms with E-state index in [0.717, 1.165) is 22.9 Å². The molecule has 27 heavy (non-hydrogen) atoms. The summed E-state index contributed by atoms with van der Waals surface area (Å²) in [5.74, 6) is 1.66. The molecule has 2 aromatic carbocycles. The van der Waals surface area contributed by atoms with Gasteiger partial charge in [-0.05, 0) is 66.6 Å². The molecule has 3 nitrogen and oxygen atoms in total. The van der Waals surface area contributed by atoms with Gasteiger partial charge in [0.25, 0.3) is 0 Å². The van der Waals surface area contributed by atoms with Crippen molar-refractivity contribution in [1.82, 2.24) is 4.98 Å². The number of hydrogen-bond acceptors (Lipinski definition) is 3. The maximum atomic E-state index is 6.16. The molecule has 1 aliphatic heterocycles. The highest BCUT2D eigenvalue weighted by molar-refractivity contribution is 5.88. The van der Waals surface area contributed by atoms with E-state index in [4.69, 9.17) is 4.74 Å². The summed E-state index contributed by atoms with van der Waals surface area (Å²) < 4.78 is 6.16. The Morgan fingerprint density at radius 1 is 0.852 bits per heavy atom. The molecule has 0 atom stereocenters. The summed E-state index contributed by atoms with van der Waals surface area (Å²) in [5, 5.41) is 0. The van der Waals surface area contributed by atoms with E-state index in [1.807, 2.05) is 12.3 Å². The Kier molecular flexibility index (Phi) is 3.99. The number of benzene rings is 2. The summed E-state index contributed by atoms with van der Waals surface area (Å²) in [6, 6.07) is 13.0. The van der Waals surface area contributed by atoms with Gasteiger partial charge in [-0.15, -0.1) is 0 Å². The highest BCUT2D eigenvalue weighted by Gasteiger charge is 2.28. The van der Waals surface area contributed by atoms with E-state index < -0.39 is 0 Å². The van der Waals surface area contributed by atoms with Crippen molar-refractivity contribution in [2.24, 2.45) is 0 Å². The number of aromatic nitrogens is 1. The van der Waals surface area contributed by atoms with Crippen LogP contribution in [0.1, 0.15) is 43.0 Å². The molecule has 2 heterocycles. The van der Waals surface area contributed by atoms with Crippen molar-refractivity contribution in [1.29, 1.82) is 0 Å². The Labute approximate surface area is 161 Å². The SMILES string of the molecule is Cc1ccc2c(c1)Oc1cnccc1N2c1c(C)cc(C(C)(C)C)cc1C. The summed E-state index contributed by atoms with van der Waals surface area (Å²) in [7, 11) is 0. The Morgan fingerprint density at radius 3 is 2.19 bits per heavy atom. The zero-order chi connectivity index (χ0) is 19.3. The Morgan fingerprint density at radius 2 is 1.52 bits per heavy atom. The van der Waals surface area contributed by atoms with Gasteiger partial charge in [0.2, 0.25) is 0 Å². The van der Waals surface area contributed by atoms with Crippen LogP contribution in [0.4, 0.5) is 17.1 Å². The predicted octanol–water partition coefficient (Wildman–Crippen LogP) is 6.88. The van der Waals surface area contributed by atoms with Crippen LogP contribution in [-0.2, 0) is 5.41 Å². The van der Waals surface area contributed by atoms with Gasteiger partial charge in [-0.1, -0.05) is 39.0 Å². The van der Waals surface area contributed by atoms with E-state index in [2.05, 4.69) is 81.8 Å². The van der Waals surface area contributed by atoms with Gasteiger partial charge in [-0.2, -0.15) is 0 Å². The molecular weight excluding hydrogens is 332 g/mol. The molecule has 0 saturated carbocycles. The summed E-state index contributed by atoms with van der Waals surface area (Å²) >= 11 is 0. The van der Waals surface area contributed by atoms with Crippen LogP contribution in [0, 0.1) is 20.8 Å². The van der Waals surface area contributed by atoms with Crippen LogP contribution in [0.25, 0.3) is 0 Å². The molecule has 0 saturated heterocycles. The summed E-state index contributed by atoms with van der Waals surface area (Å²) in [6.07, 6.45) is 3.62. The normalized spacial score (nSPS) is 13.0. The van der Waals surface area contributed by atoms with Crippen LogP contribution in [0.15, 0.2) is 48.8 Å².